The number of amides is 1. The summed E-state index contributed by atoms with van der Waals surface area (Å²) in [6.07, 6.45) is 3.20. The van der Waals surface area contributed by atoms with Crippen LogP contribution in [0.3, 0.4) is 0 Å². The third-order valence-corrected chi connectivity index (χ3v) is 5.39. The Balaban J connectivity index is 1.61. The predicted molar refractivity (Wildman–Crippen MR) is 134 cm³/mol. The van der Waals surface area contributed by atoms with Crippen molar-refractivity contribution < 1.29 is 23.9 Å². The molecule has 0 radical (unpaired) electrons. The number of hydrogen-bond donors (Lipinski definition) is 3. The van der Waals surface area contributed by atoms with E-state index in [0.29, 0.717) is 29.4 Å². The van der Waals surface area contributed by atoms with Crippen molar-refractivity contribution in [1.82, 2.24) is 20.3 Å². The van der Waals surface area contributed by atoms with Gasteiger partial charge in [0.05, 0.1) is 18.6 Å². The third kappa shape index (κ3) is 7.11. The van der Waals surface area contributed by atoms with E-state index in [1.54, 1.807) is 32.2 Å². The highest BCUT2D eigenvalue weighted by molar-refractivity contribution is 5.97. The zero-order valence-electron chi connectivity index (χ0n) is 20.3. The number of carbonyl (C=O) groups excluding carboxylic acids is 3. The minimum atomic E-state index is -0.950. The highest BCUT2D eigenvalue weighted by Crippen LogP contribution is 2.19. The number of aryl methyl sites for hydroxylation is 2. The lowest BCUT2D eigenvalue weighted by molar-refractivity contribution is -0.146. The Morgan fingerprint density at radius 3 is 2.36 bits per heavy atom. The number of aromatic nitrogens is 3. The summed E-state index contributed by atoms with van der Waals surface area (Å²) in [6.45, 7) is 3.79. The summed E-state index contributed by atoms with van der Waals surface area (Å²) in [5, 5.41) is 3.30. The minimum Gasteiger partial charge on any atom is -0.466 e. The van der Waals surface area contributed by atoms with Crippen molar-refractivity contribution in [2.75, 3.05) is 24.7 Å². The molecule has 1 atom stereocenters. The summed E-state index contributed by atoms with van der Waals surface area (Å²) in [5.74, 6) is -1.10. The Kier molecular flexibility index (Phi) is 9.09. The normalized spacial score (nSPS) is 11.6. The van der Waals surface area contributed by atoms with Crippen LogP contribution in [0.1, 0.15) is 48.2 Å². The van der Waals surface area contributed by atoms with Crippen LogP contribution in [0.25, 0.3) is 11.0 Å². The fourth-order valence-corrected chi connectivity index (χ4v) is 3.57. The van der Waals surface area contributed by atoms with Gasteiger partial charge in [0.1, 0.15) is 11.9 Å². The lowest BCUT2D eigenvalue weighted by atomic mass is 10.0. The van der Waals surface area contributed by atoms with Gasteiger partial charge in [0.25, 0.3) is 5.91 Å². The van der Waals surface area contributed by atoms with Crippen LogP contribution >= 0.6 is 0 Å². The van der Waals surface area contributed by atoms with Gasteiger partial charge in [-0.15, -0.1) is 0 Å². The van der Waals surface area contributed by atoms with Crippen LogP contribution in [-0.4, -0.2) is 52.1 Å². The van der Waals surface area contributed by atoms with Crippen LogP contribution in [0, 0.1) is 0 Å². The number of hydrogen-bond acceptors (Lipinski definition) is 10. The Morgan fingerprint density at radius 2 is 1.67 bits per heavy atom. The second-order valence-electron chi connectivity index (χ2n) is 8.00. The smallest absolute Gasteiger partial charge is 0.328 e. The average Bonchev–Trinajstić information content (AvgIpc) is 2.85. The minimum absolute atomic E-state index is 0.00860. The van der Waals surface area contributed by atoms with Crippen molar-refractivity contribution in [3.8, 4) is 0 Å². The van der Waals surface area contributed by atoms with Crippen molar-refractivity contribution >= 4 is 40.6 Å². The topological polar surface area (TPSA) is 172 Å². The van der Waals surface area contributed by atoms with E-state index in [2.05, 4.69) is 20.3 Å². The van der Waals surface area contributed by atoms with E-state index in [9.17, 15) is 14.4 Å². The number of nitrogen functional groups attached to an aromatic ring is 2. The number of rotatable bonds is 11. The lowest BCUT2D eigenvalue weighted by Crippen LogP contribution is -2.42. The summed E-state index contributed by atoms with van der Waals surface area (Å²) in [5.41, 5.74) is 14.4. The molecule has 5 N–H and O–H groups in total. The third-order valence-electron chi connectivity index (χ3n) is 5.39. The first-order valence-electron chi connectivity index (χ1n) is 11.7. The predicted octanol–water partition coefficient (Wildman–Crippen LogP) is 1.98. The molecule has 0 saturated carbocycles. The molecule has 3 rings (SSSR count). The summed E-state index contributed by atoms with van der Waals surface area (Å²) < 4.78 is 9.93. The Labute approximate surface area is 208 Å². The van der Waals surface area contributed by atoms with Gasteiger partial charge in [-0.1, -0.05) is 12.1 Å². The van der Waals surface area contributed by atoms with Crippen LogP contribution < -0.4 is 16.8 Å². The molecule has 0 aliphatic carbocycles. The molecular weight excluding hydrogens is 464 g/mol. The molecular formula is C25H30N6O5. The molecule has 3 aromatic rings. The summed E-state index contributed by atoms with van der Waals surface area (Å²) in [6, 6.07) is 8.01. The van der Waals surface area contributed by atoms with Gasteiger partial charge in [0, 0.05) is 18.2 Å². The number of nitrogens with zero attached hydrogens (tertiary/aromatic N) is 3. The first-order chi connectivity index (χ1) is 17.3. The Morgan fingerprint density at radius 1 is 0.972 bits per heavy atom. The maximum absolute atomic E-state index is 12.7. The van der Waals surface area contributed by atoms with Gasteiger partial charge in [-0.25, -0.2) is 9.78 Å². The van der Waals surface area contributed by atoms with Crippen molar-refractivity contribution in [2.45, 2.75) is 45.6 Å². The van der Waals surface area contributed by atoms with E-state index in [1.807, 2.05) is 18.2 Å². The molecule has 11 heteroatoms. The number of pyridine rings is 1. The molecule has 0 saturated heterocycles. The number of ether oxygens (including phenoxy) is 2. The van der Waals surface area contributed by atoms with Gasteiger partial charge >= 0.3 is 11.9 Å². The molecule has 1 amide bonds. The van der Waals surface area contributed by atoms with Gasteiger partial charge in [-0.2, -0.15) is 9.97 Å². The fraction of sp³-hybridized carbons (Fsp3) is 0.360. The molecule has 36 heavy (non-hydrogen) atoms. The van der Waals surface area contributed by atoms with Gasteiger partial charge in [0.2, 0.25) is 5.95 Å². The van der Waals surface area contributed by atoms with Gasteiger partial charge < -0.3 is 26.3 Å². The summed E-state index contributed by atoms with van der Waals surface area (Å²) in [7, 11) is 0. The van der Waals surface area contributed by atoms with Crippen molar-refractivity contribution in [1.29, 1.82) is 0 Å². The van der Waals surface area contributed by atoms with E-state index >= 15 is 0 Å². The zero-order chi connectivity index (χ0) is 26.1. The van der Waals surface area contributed by atoms with E-state index in [4.69, 9.17) is 20.9 Å². The molecule has 0 aliphatic rings. The first kappa shape index (κ1) is 26.3. The van der Waals surface area contributed by atoms with Crippen molar-refractivity contribution in [3.63, 3.8) is 0 Å². The Bertz CT molecular complexity index is 1230. The molecule has 11 nitrogen and oxygen atoms in total. The number of nitrogens with one attached hydrogen (secondary N) is 1. The van der Waals surface area contributed by atoms with Crippen LogP contribution in [0.15, 0.2) is 36.5 Å². The van der Waals surface area contributed by atoms with Crippen LogP contribution in [0.2, 0.25) is 0 Å². The quantitative estimate of drug-likeness (QED) is 0.335. The monoisotopic (exact) mass is 494 g/mol. The summed E-state index contributed by atoms with van der Waals surface area (Å²) >= 11 is 0. The highest BCUT2D eigenvalue weighted by Gasteiger charge is 2.24. The molecule has 1 aromatic carbocycles. The van der Waals surface area contributed by atoms with Gasteiger partial charge in [0.15, 0.2) is 5.65 Å². The standard InChI is InChI=1S/C25H30N6O5/c1-3-35-20(32)12-11-19(24(34)36-4-2)29-23(33)17-9-7-15(8-10-17)5-6-16-13-18-21(26)30-25(27)31-22(18)28-14-16/h7-10,13-14,19H,3-6,11-12H2,1-2H3,(H,29,33)(H4,26,27,28,30,31)/t19-/m0/s1. The van der Waals surface area contributed by atoms with Crippen LogP contribution in [-0.2, 0) is 31.9 Å². The second-order valence-corrected chi connectivity index (χ2v) is 8.00. The lowest BCUT2D eigenvalue weighted by Gasteiger charge is -2.17. The molecule has 0 spiro atoms. The van der Waals surface area contributed by atoms with Crippen molar-refractivity contribution in [3.05, 3.63) is 53.2 Å². The second kappa shape index (κ2) is 12.4. The number of nitrogens with two attached hydrogens (primary N) is 2. The first-order valence-corrected chi connectivity index (χ1v) is 11.7. The molecule has 0 fully saturated rings. The van der Waals surface area contributed by atoms with Gasteiger partial charge in [-0.05, 0) is 62.4 Å². The van der Waals surface area contributed by atoms with E-state index < -0.39 is 23.9 Å². The molecule has 190 valence electrons. The molecule has 0 unspecified atom stereocenters. The van der Waals surface area contributed by atoms with E-state index in [0.717, 1.165) is 11.1 Å². The fourth-order valence-electron chi connectivity index (χ4n) is 3.57. The maximum Gasteiger partial charge on any atom is 0.328 e. The number of esters is 2. The molecule has 2 aromatic heterocycles. The highest BCUT2D eigenvalue weighted by atomic mass is 16.5. The van der Waals surface area contributed by atoms with Crippen molar-refractivity contribution in [2.24, 2.45) is 0 Å². The van der Waals surface area contributed by atoms with Gasteiger partial charge in [-0.3, -0.25) is 9.59 Å². The number of carbonyl (C=O) groups is 3. The number of anilines is 2. The zero-order valence-corrected chi connectivity index (χ0v) is 20.3. The Hall–Kier alpha value is -4.28. The molecule has 0 aliphatic heterocycles. The van der Waals surface area contributed by atoms with E-state index in [1.165, 1.54) is 0 Å². The number of benzene rings is 1. The van der Waals surface area contributed by atoms with E-state index in [-0.39, 0.29) is 37.8 Å². The largest absolute Gasteiger partial charge is 0.466 e. The van der Waals surface area contributed by atoms with Crippen LogP contribution in [0.5, 0.6) is 0 Å². The molecule has 0 bridgehead atoms. The molecule has 2 heterocycles. The maximum atomic E-state index is 12.7. The SMILES string of the molecule is CCOC(=O)CC[C@H](NC(=O)c1ccc(CCc2cnc3nc(N)nc(N)c3c2)cc1)C(=O)OCC. The number of fused-ring (bicyclic) bond motifs is 1. The summed E-state index contributed by atoms with van der Waals surface area (Å²) in [4.78, 5) is 49.0. The van der Waals surface area contributed by atoms with Crippen LogP contribution in [0.4, 0.5) is 11.8 Å². The average molecular weight is 495 g/mol.